The van der Waals surface area contributed by atoms with E-state index in [4.69, 9.17) is 10.2 Å². The smallest absolute Gasteiger partial charge is 0.322 e. The van der Waals surface area contributed by atoms with Gasteiger partial charge in [0.1, 0.15) is 0 Å². The summed E-state index contributed by atoms with van der Waals surface area (Å²) in [6.07, 6.45) is 0.238. The molecule has 0 saturated heterocycles. The quantitative estimate of drug-likeness (QED) is 0.692. The van der Waals surface area contributed by atoms with Crippen molar-refractivity contribution < 1.29 is 9.21 Å². The number of nitrogens with zero attached hydrogens (tertiary/aromatic N) is 2. The Kier molecular flexibility index (Phi) is 2.97. The summed E-state index contributed by atoms with van der Waals surface area (Å²) in [7, 11) is 0. The van der Waals surface area contributed by atoms with Crippen molar-refractivity contribution in [3.8, 4) is 0 Å². The molecule has 0 aromatic carbocycles. The van der Waals surface area contributed by atoms with Gasteiger partial charge < -0.3 is 10.2 Å². The standard InChI is InChI=1S/C7H12N4O2/c1-4(8)3-6(12)9-7-11-10-5(2)13-7/h4H,3,8H2,1-2H3,(H,9,11,12). The third-order valence-corrected chi connectivity index (χ3v) is 1.28. The summed E-state index contributed by atoms with van der Waals surface area (Å²) >= 11 is 0. The first kappa shape index (κ1) is 9.66. The number of carbonyl (C=O) groups is 1. The van der Waals surface area contributed by atoms with Crippen molar-refractivity contribution in [2.24, 2.45) is 5.73 Å². The first-order valence-corrected chi connectivity index (χ1v) is 3.93. The van der Waals surface area contributed by atoms with Crippen molar-refractivity contribution in [1.82, 2.24) is 10.2 Å². The van der Waals surface area contributed by atoms with E-state index in [0.717, 1.165) is 0 Å². The molecule has 1 aromatic rings. The molecular formula is C7H12N4O2. The lowest BCUT2D eigenvalue weighted by molar-refractivity contribution is -0.116. The molecule has 0 spiro atoms. The average Bonchev–Trinajstić information content (AvgIpc) is 2.33. The Bertz CT molecular complexity index is 294. The van der Waals surface area contributed by atoms with Crippen LogP contribution in [0.5, 0.6) is 0 Å². The van der Waals surface area contributed by atoms with Gasteiger partial charge in [0.05, 0.1) is 0 Å². The van der Waals surface area contributed by atoms with E-state index in [1.807, 2.05) is 0 Å². The molecule has 0 saturated carbocycles. The second-order valence-electron chi connectivity index (χ2n) is 2.86. The van der Waals surface area contributed by atoms with Crippen molar-refractivity contribution >= 4 is 11.9 Å². The van der Waals surface area contributed by atoms with Gasteiger partial charge in [0.25, 0.3) is 0 Å². The van der Waals surface area contributed by atoms with Crippen LogP contribution in [0, 0.1) is 6.92 Å². The van der Waals surface area contributed by atoms with Crippen molar-refractivity contribution in [2.75, 3.05) is 5.32 Å². The number of rotatable bonds is 3. The van der Waals surface area contributed by atoms with Crippen LogP contribution < -0.4 is 11.1 Å². The molecular weight excluding hydrogens is 172 g/mol. The average molecular weight is 184 g/mol. The highest BCUT2D eigenvalue weighted by Crippen LogP contribution is 2.04. The monoisotopic (exact) mass is 184 g/mol. The van der Waals surface area contributed by atoms with Crippen molar-refractivity contribution in [3.63, 3.8) is 0 Å². The maximum absolute atomic E-state index is 11.1. The predicted octanol–water partition coefficient (Wildman–Crippen LogP) is 0.0538. The van der Waals surface area contributed by atoms with Crippen LogP contribution in [0.15, 0.2) is 4.42 Å². The summed E-state index contributed by atoms with van der Waals surface area (Å²) in [6.45, 7) is 3.40. The summed E-state index contributed by atoms with van der Waals surface area (Å²) < 4.78 is 4.94. The van der Waals surface area contributed by atoms with Crippen LogP contribution in [0.1, 0.15) is 19.2 Å². The molecule has 0 aliphatic heterocycles. The van der Waals surface area contributed by atoms with Crippen LogP contribution in [-0.2, 0) is 4.79 Å². The zero-order chi connectivity index (χ0) is 9.84. The number of hydrogen-bond acceptors (Lipinski definition) is 5. The van der Waals surface area contributed by atoms with E-state index in [2.05, 4.69) is 15.5 Å². The number of amides is 1. The number of nitrogens with one attached hydrogen (secondary N) is 1. The minimum Gasteiger partial charge on any atom is -0.408 e. The number of hydrogen-bond donors (Lipinski definition) is 2. The molecule has 1 aromatic heterocycles. The van der Waals surface area contributed by atoms with Gasteiger partial charge in [-0.25, -0.2) is 0 Å². The molecule has 0 aliphatic rings. The first-order valence-electron chi connectivity index (χ1n) is 3.93. The van der Waals surface area contributed by atoms with Gasteiger partial charge in [0.15, 0.2) is 0 Å². The van der Waals surface area contributed by atoms with Gasteiger partial charge in [-0.2, -0.15) is 0 Å². The van der Waals surface area contributed by atoms with Crippen LogP contribution in [0.25, 0.3) is 0 Å². The van der Waals surface area contributed by atoms with E-state index in [1.165, 1.54) is 0 Å². The fourth-order valence-corrected chi connectivity index (χ4v) is 0.810. The Hall–Kier alpha value is -1.43. The van der Waals surface area contributed by atoms with Gasteiger partial charge in [0.2, 0.25) is 11.8 Å². The maximum atomic E-state index is 11.1. The molecule has 3 N–H and O–H groups in total. The number of nitrogens with two attached hydrogens (primary N) is 1. The van der Waals surface area contributed by atoms with Crippen molar-refractivity contribution in [1.29, 1.82) is 0 Å². The molecule has 1 rings (SSSR count). The molecule has 1 heterocycles. The van der Waals surface area contributed by atoms with E-state index in [1.54, 1.807) is 13.8 Å². The molecule has 6 heteroatoms. The van der Waals surface area contributed by atoms with Crippen LogP contribution in [0.2, 0.25) is 0 Å². The van der Waals surface area contributed by atoms with E-state index in [0.29, 0.717) is 5.89 Å². The fraction of sp³-hybridized carbons (Fsp3) is 0.571. The molecule has 6 nitrogen and oxygen atoms in total. The molecule has 1 unspecified atom stereocenters. The molecule has 1 amide bonds. The van der Waals surface area contributed by atoms with Gasteiger partial charge in [-0.1, -0.05) is 5.10 Å². The third-order valence-electron chi connectivity index (χ3n) is 1.28. The highest BCUT2D eigenvalue weighted by Gasteiger charge is 2.08. The minimum absolute atomic E-state index is 0.114. The first-order chi connectivity index (χ1) is 6.08. The second-order valence-corrected chi connectivity index (χ2v) is 2.86. The Balaban J connectivity index is 2.45. The zero-order valence-corrected chi connectivity index (χ0v) is 7.57. The van der Waals surface area contributed by atoms with E-state index < -0.39 is 0 Å². The van der Waals surface area contributed by atoms with E-state index in [9.17, 15) is 4.79 Å². The Morgan fingerprint density at radius 3 is 2.85 bits per heavy atom. The third kappa shape index (κ3) is 3.20. The van der Waals surface area contributed by atoms with Crippen molar-refractivity contribution in [2.45, 2.75) is 26.3 Å². The van der Waals surface area contributed by atoms with Gasteiger partial charge in [-0.15, -0.1) is 5.10 Å². The van der Waals surface area contributed by atoms with Gasteiger partial charge >= 0.3 is 6.01 Å². The number of aromatic nitrogens is 2. The van der Waals surface area contributed by atoms with Crippen LogP contribution >= 0.6 is 0 Å². The van der Waals surface area contributed by atoms with Gasteiger partial charge in [0, 0.05) is 19.4 Å². The summed E-state index contributed by atoms with van der Waals surface area (Å²) in [5.41, 5.74) is 5.42. The van der Waals surface area contributed by atoms with Gasteiger partial charge in [-0.05, 0) is 6.92 Å². The fourth-order valence-electron chi connectivity index (χ4n) is 0.810. The number of carbonyl (C=O) groups excluding carboxylic acids is 1. The highest BCUT2D eigenvalue weighted by atomic mass is 16.4. The normalized spacial score (nSPS) is 12.5. The van der Waals surface area contributed by atoms with Crippen LogP contribution in [0.4, 0.5) is 6.01 Å². The van der Waals surface area contributed by atoms with Crippen LogP contribution in [-0.4, -0.2) is 22.1 Å². The number of anilines is 1. The maximum Gasteiger partial charge on any atom is 0.322 e. The van der Waals surface area contributed by atoms with Crippen LogP contribution in [0.3, 0.4) is 0 Å². The molecule has 13 heavy (non-hydrogen) atoms. The van der Waals surface area contributed by atoms with Gasteiger partial charge in [-0.3, -0.25) is 10.1 Å². The van der Waals surface area contributed by atoms with E-state index >= 15 is 0 Å². The summed E-state index contributed by atoms with van der Waals surface area (Å²) in [5, 5.41) is 9.59. The predicted molar refractivity (Wildman–Crippen MR) is 45.9 cm³/mol. The molecule has 0 aliphatic carbocycles. The lowest BCUT2D eigenvalue weighted by Crippen LogP contribution is -2.24. The summed E-state index contributed by atoms with van der Waals surface area (Å²) in [5.74, 6) is 0.190. The highest BCUT2D eigenvalue weighted by molar-refractivity contribution is 5.88. The molecule has 0 bridgehead atoms. The zero-order valence-electron chi connectivity index (χ0n) is 7.57. The Morgan fingerprint density at radius 1 is 1.69 bits per heavy atom. The SMILES string of the molecule is Cc1nnc(NC(=O)CC(C)N)o1. The molecule has 1 atom stereocenters. The number of aryl methyl sites for hydroxylation is 1. The molecule has 0 radical (unpaired) electrons. The second kappa shape index (κ2) is 3.99. The summed E-state index contributed by atoms with van der Waals surface area (Å²) in [4.78, 5) is 11.1. The molecule has 72 valence electrons. The Morgan fingerprint density at radius 2 is 2.38 bits per heavy atom. The lowest BCUT2D eigenvalue weighted by Gasteiger charge is -2.02. The topological polar surface area (TPSA) is 94.0 Å². The molecule has 0 fully saturated rings. The van der Waals surface area contributed by atoms with Crippen molar-refractivity contribution in [3.05, 3.63) is 5.89 Å². The minimum atomic E-state index is -0.223. The Labute approximate surface area is 75.5 Å². The van der Waals surface area contributed by atoms with E-state index in [-0.39, 0.29) is 24.4 Å². The lowest BCUT2D eigenvalue weighted by atomic mass is 10.2. The summed E-state index contributed by atoms with van der Waals surface area (Å²) in [6, 6.07) is -0.0628. The largest absolute Gasteiger partial charge is 0.408 e.